The Morgan fingerprint density at radius 1 is 1.40 bits per heavy atom. The molecule has 2 rings (SSSR count). The molecule has 0 radical (unpaired) electrons. The van der Waals surface area contributed by atoms with E-state index < -0.39 is 10.0 Å². The molecule has 0 bridgehead atoms. The molecule has 5 nitrogen and oxygen atoms in total. The van der Waals surface area contributed by atoms with Crippen molar-refractivity contribution < 1.29 is 8.42 Å². The first kappa shape index (κ1) is 10.1. The van der Waals surface area contributed by atoms with Crippen molar-refractivity contribution in [1.29, 1.82) is 0 Å². The van der Waals surface area contributed by atoms with Crippen LogP contribution in [0.15, 0.2) is 27.5 Å². The quantitative estimate of drug-likeness (QED) is 0.759. The molecule has 0 unspecified atom stereocenters. The van der Waals surface area contributed by atoms with Gasteiger partial charge in [-0.25, -0.2) is 0 Å². The smallest absolute Gasteiger partial charge is 0.285 e. The lowest BCUT2D eigenvalue weighted by Crippen LogP contribution is -2.12. The Morgan fingerprint density at radius 2 is 2.20 bits per heavy atom. The van der Waals surface area contributed by atoms with E-state index in [1.54, 1.807) is 18.2 Å². The Kier molecular flexibility index (Phi) is 2.45. The number of nitrogens with zero attached hydrogens (tertiary/aromatic N) is 1. The van der Waals surface area contributed by atoms with Gasteiger partial charge in [0.15, 0.2) is 0 Å². The molecule has 3 N–H and O–H groups in total. The maximum Gasteiger partial charge on any atom is 0.285 e. The molecule has 6 heteroatoms. The summed E-state index contributed by atoms with van der Waals surface area (Å²) in [7, 11) is -3.50. The maximum absolute atomic E-state index is 11.5. The molecule has 0 saturated carbocycles. The second-order valence-corrected chi connectivity index (χ2v) is 4.82. The van der Waals surface area contributed by atoms with Crippen molar-refractivity contribution in [2.75, 3.05) is 11.9 Å². The molecule has 0 amide bonds. The average Bonchev–Trinajstić information content (AvgIpc) is 2.17. The van der Waals surface area contributed by atoms with Gasteiger partial charge in [-0.1, -0.05) is 6.07 Å². The van der Waals surface area contributed by atoms with Gasteiger partial charge in [0.2, 0.25) is 0 Å². The normalized spacial score (nSPS) is 16.9. The van der Waals surface area contributed by atoms with Gasteiger partial charge >= 0.3 is 0 Å². The van der Waals surface area contributed by atoms with Crippen LogP contribution in [0, 0.1) is 0 Å². The molecule has 0 aliphatic carbocycles. The van der Waals surface area contributed by atoms with Gasteiger partial charge in [0, 0.05) is 0 Å². The molecule has 0 spiro atoms. The molecule has 0 fully saturated rings. The third kappa shape index (κ3) is 1.86. The van der Waals surface area contributed by atoms with Crippen LogP contribution >= 0.6 is 0 Å². The molecule has 1 aromatic carbocycles. The summed E-state index contributed by atoms with van der Waals surface area (Å²) in [6.45, 7) is 0.541. The van der Waals surface area contributed by atoms with Crippen molar-refractivity contribution in [1.82, 2.24) is 0 Å². The van der Waals surface area contributed by atoms with Crippen LogP contribution in [-0.2, 0) is 16.4 Å². The molecule has 0 aromatic heterocycles. The number of fused-ring (bicyclic) bond motifs is 1. The minimum Gasteiger partial charge on any atom is -0.345 e. The summed E-state index contributed by atoms with van der Waals surface area (Å²) in [4.78, 5) is 0.214. The molecule has 15 heavy (non-hydrogen) atoms. The molecule has 80 valence electrons. The maximum atomic E-state index is 11.5. The van der Waals surface area contributed by atoms with Crippen molar-refractivity contribution in [3.8, 4) is 0 Å². The summed E-state index contributed by atoms with van der Waals surface area (Å²) in [6.07, 6.45) is 1.91. The molecule has 1 heterocycles. The van der Waals surface area contributed by atoms with Gasteiger partial charge in [0.05, 0.1) is 5.69 Å². The van der Waals surface area contributed by atoms with Crippen LogP contribution in [-0.4, -0.2) is 21.3 Å². The predicted octanol–water partition coefficient (Wildman–Crippen LogP) is 0.330. The zero-order valence-corrected chi connectivity index (χ0v) is 8.79. The lowest BCUT2D eigenvalue weighted by Gasteiger charge is -2.13. The van der Waals surface area contributed by atoms with Crippen molar-refractivity contribution >= 4 is 22.0 Å². The molecule has 0 saturated heterocycles. The summed E-state index contributed by atoms with van der Waals surface area (Å²) in [5.41, 5.74) is 7.00. The third-order valence-electron chi connectivity index (χ3n) is 2.17. The molecule has 1 aliphatic heterocycles. The van der Waals surface area contributed by atoms with Gasteiger partial charge in [-0.15, -0.1) is 4.40 Å². The van der Waals surface area contributed by atoms with Crippen LogP contribution in [0.25, 0.3) is 0 Å². The Balaban J connectivity index is 2.49. The number of nitrogens with two attached hydrogens (primary N) is 1. The Morgan fingerprint density at radius 3 is 2.93 bits per heavy atom. The predicted molar refractivity (Wildman–Crippen MR) is 58.5 cm³/mol. The van der Waals surface area contributed by atoms with Crippen LogP contribution in [0.4, 0.5) is 5.69 Å². The topological polar surface area (TPSA) is 84.5 Å². The number of hydrogen-bond donors (Lipinski definition) is 2. The molecule has 0 atom stereocenters. The summed E-state index contributed by atoms with van der Waals surface area (Å²) >= 11 is 0. The number of rotatable bonds is 2. The van der Waals surface area contributed by atoms with Crippen LogP contribution < -0.4 is 11.1 Å². The second kappa shape index (κ2) is 3.63. The van der Waals surface area contributed by atoms with Gasteiger partial charge in [0.1, 0.15) is 11.2 Å². The van der Waals surface area contributed by atoms with Crippen molar-refractivity contribution in [3.63, 3.8) is 0 Å². The fourth-order valence-corrected chi connectivity index (χ4v) is 2.40. The Bertz CT molecular complexity index is 508. The molecule has 1 aliphatic rings. The fraction of sp³-hybridized carbons (Fsp3) is 0.222. The van der Waals surface area contributed by atoms with E-state index in [0.29, 0.717) is 12.2 Å². The first-order chi connectivity index (χ1) is 7.13. The Hall–Kier alpha value is -1.40. The van der Waals surface area contributed by atoms with Gasteiger partial charge in [-0.2, -0.15) is 8.42 Å². The summed E-state index contributed by atoms with van der Waals surface area (Å²) < 4.78 is 26.3. The second-order valence-electron chi connectivity index (χ2n) is 3.22. The van der Waals surface area contributed by atoms with E-state index in [0.717, 1.165) is 12.0 Å². The number of benzene rings is 1. The molecular weight excluding hydrogens is 214 g/mol. The standard InChI is InChI=1S/C9H11N3O2S/c10-4-3-7-1-2-9-8(5-7)11-6-12-15(9,13)14/h1-2,5-6H,3-4,10H2,(H,11,12). The minimum atomic E-state index is -3.50. The highest BCUT2D eigenvalue weighted by Gasteiger charge is 2.20. The first-order valence-corrected chi connectivity index (χ1v) is 5.96. The Labute approximate surface area is 88.1 Å². The minimum absolute atomic E-state index is 0.214. The van der Waals surface area contributed by atoms with Crippen molar-refractivity contribution in [3.05, 3.63) is 23.8 Å². The first-order valence-electron chi connectivity index (χ1n) is 4.52. The van der Waals surface area contributed by atoms with Crippen LogP contribution in [0.3, 0.4) is 0 Å². The number of sulfonamides is 1. The van der Waals surface area contributed by atoms with E-state index in [1.165, 1.54) is 6.34 Å². The summed E-state index contributed by atoms with van der Waals surface area (Å²) in [5.74, 6) is 0. The number of nitrogens with one attached hydrogen (secondary N) is 1. The van der Waals surface area contributed by atoms with Crippen LogP contribution in [0.5, 0.6) is 0 Å². The molecule has 1 aromatic rings. The van der Waals surface area contributed by atoms with Gasteiger partial charge in [0.25, 0.3) is 10.0 Å². The average molecular weight is 225 g/mol. The monoisotopic (exact) mass is 225 g/mol. The van der Waals surface area contributed by atoms with E-state index >= 15 is 0 Å². The zero-order valence-electron chi connectivity index (χ0n) is 7.97. The highest BCUT2D eigenvalue weighted by Crippen LogP contribution is 2.26. The summed E-state index contributed by atoms with van der Waals surface area (Å²) in [6, 6.07) is 5.09. The zero-order chi connectivity index (χ0) is 10.9. The number of hydrogen-bond acceptors (Lipinski definition) is 4. The fourth-order valence-electron chi connectivity index (χ4n) is 1.46. The number of anilines is 1. The third-order valence-corrected chi connectivity index (χ3v) is 3.46. The highest BCUT2D eigenvalue weighted by atomic mass is 32.2. The molecular formula is C9H11N3O2S. The van der Waals surface area contributed by atoms with Crippen molar-refractivity contribution in [2.45, 2.75) is 11.3 Å². The van der Waals surface area contributed by atoms with E-state index in [4.69, 9.17) is 5.73 Å². The lowest BCUT2D eigenvalue weighted by molar-refractivity contribution is 0.598. The highest BCUT2D eigenvalue weighted by molar-refractivity contribution is 7.90. The van der Waals surface area contributed by atoms with Gasteiger partial charge < -0.3 is 11.1 Å². The summed E-state index contributed by atoms with van der Waals surface area (Å²) in [5, 5.41) is 2.81. The van der Waals surface area contributed by atoms with E-state index in [1.807, 2.05) is 0 Å². The van der Waals surface area contributed by atoms with Crippen molar-refractivity contribution in [2.24, 2.45) is 10.1 Å². The van der Waals surface area contributed by atoms with Crippen LogP contribution in [0.1, 0.15) is 5.56 Å². The van der Waals surface area contributed by atoms with Crippen LogP contribution in [0.2, 0.25) is 0 Å². The van der Waals surface area contributed by atoms with E-state index in [9.17, 15) is 8.42 Å². The van der Waals surface area contributed by atoms with E-state index in [2.05, 4.69) is 9.71 Å². The SMILES string of the molecule is NCCc1ccc2c(c1)NC=NS2(=O)=O. The largest absolute Gasteiger partial charge is 0.345 e. The van der Waals surface area contributed by atoms with Gasteiger partial charge in [-0.3, -0.25) is 0 Å². The lowest BCUT2D eigenvalue weighted by atomic mass is 10.1. The van der Waals surface area contributed by atoms with E-state index in [-0.39, 0.29) is 4.90 Å². The van der Waals surface area contributed by atoms with Gasteiger partial charge in [-0.05, 0) is 30.7 Å².